The first-order chi connectivity index (χ1) is 13.8. The Bertz CT molecular complexity index is 984. The van der Waals surface area contributed by atoms with E-state index in [4.69, 9.17) is 14.2 Å². The molecule has 1 heterocycles. The van der Waals surface area contributed by atoms with Gasteiger partial charge in [-0.3, -0.25) is 4.79 Å². The second kappa shape index (κ2) is 8.79. The number of fused-ring (bicyclic) bond motifs is 2. The minimum Gasteiger partial charge on any atom is -0.496 e. The van der Waals surface area contributed by atoms with Gasteiger partial charge in [0.15, 0.2) is 5.78 Å². The molecule has 0 aliphatic carbocycles. The molecule has 0 unspecified atom stereocenters. The van der Waals surface area contributed by atoms with E-state index in [0.717, 1.165) is 20.5 Å². The van der Waals surface area contributed by atoms with Gasteiger partial charge in [-0.05, 0) is 36.6 Å². The molecule has 154 valence electrons. The Morgan fingerprint density at radius 2 is 2.00 bits per heavy atom. The number of Topliss-reactive ketones (excluding diaryl/α,β-unsaturated/α-hetero) is 1. The number of cyclic esters (lactones) is 1. The van der Waals surface area contributed by atoms with Gasteiger partial charge in [0.1, 0.15) is 23.7 Å². The molecular weight excluding hydrogens is 456 g/mol. The van der Waals surface area contributed by atoms with E-state index in [1.165, 1.54) is 18.9 Å². The predicted molar refractivity (Wildman–Crippen MR) is 115 cm³/mol. The molecule has 7 heteroatoms. The first-order valence-corrected chi connectivity index (χ1v) is 10.8. The van der Waals surface area contributed by atoms with Gasteiger partial charge in [-0.15, -0.1) is 0 Å². The summed E-state index contributed by atoms with van der Waals surface area (Å²) in [5.74, 6) is 0.595. The molecule has 0 spiro atoms. The van der Waals surface area contributed by atoms with E-state index in [-0.39, 0.29) is 29.6 Å². The average Bonchev–Trinajstić information content (AvgIpc) is 2.67. The lowest BCUT2D eigenvalue weighted by Crippen LogP contribution is -2.15. The topological polar surface area (TPSA) is 61.8 Å². The molecule has 0 radical (unpaired) electrons. The summed E-state index contributed by atoms with van der Waals surface area (Å²) in [4.78, 5) is 27.1. The van der Waals surface area contributed by atoms with E-state index < -0.39 is 5.97 Å². The maximum Gasteiger partial charge on any atom is 0.343 e. The van der Waals surface area contributed by atoms with E-state index in [9.17, 15) is 9.59 Å². The fourth-order valence-corrected chi connectivity index (χ4v) is 5.00. The Morgan fingerprint density at radius 1 is 1.28 bits per heavy atom. The molecule has 1 aliphatic heterocycles. The van der Waals surface area contributed by atoms with Crippen LogP contribution in [-0.2, 0) is 11.3 Å². The molecule has 3 rings (SSSR count). The maximum atomic E-state index is 12.9. The van der Waals surface area contributed by atoms with Crippen molar-refractivity contribution in [1.82, 2.24) is 0 Å². The number of hydrogen-bond donors (Lipinski definition) is 0. The van der Waals surface area contributed by atoms with Crippen LogP contribution in [0.5, 0.6) is 11.5 Å². The van der Waals surface area contributed by atoms with Crippen LogP contribution in [0.4, 0.5) is 0 Å². The summed E-state index contributed by atoms with van der Waals surface area (Å²) in [6, 6.07) is 5.44. The highest BCUT2D eigenvalue weighted by atomic mass is 79.9. The van der Waals surface area contributed by atoms with Crippen LogP contribution in [0.15, 0.2) is 32.5 Å². The van der Waals surface area contributed by atoms with Crippen molar-refractivity contribution in [3.63, 3.8) is 0 Å². The van der Waals surface area contributed by atoms with E-state index in [1.807, 2.05) is 26.8 Å². The number of aryl methyl sites for hydroxylation is 1. The van der Waals surface area contributed by atoms with E-state index in [0.29, 0.717) is 22.6 Å². The van der Waals surface area contributed by atoms with Crippen molar-refractivity contribution in [2.45, 2.75) is 43.6 Å². The fourth-order valence-electron chi connectivity index (χ4n) is 3.28. The summed E-state index contributed by atoms with van der Waals surface area (Å²) in [5.41, 5.74) is 2.52. The molecule has 2 aromatic rings. The lowest BCUT2D eigenvalue weighted by Gasteiger charge is -2.23. The second-order valence-corrected chi connectivity index (χ2v) is 9.08. The molecule has 0 fully saturated rings. The van der Waals surface area contributed by atoms with Crippen molar-refractivity contribution in [2.24, 2.45) is 5.92 Å². The van der Waals surface area contributed by atoms with Gasteiger partial charge in [-0.25, -0.2) is 4.79 Å². The van der Waals surface area contributed by atoms with Crippen molar-refractivity contribution in [1.29, 1.82) is 0 Å². The summed E-state index contributed by atoms with van der Waals surface area (Å²) in [7, 11) is 3.08. The number of rotatable bonds is 5. The Hall–Kier alpha value is -1.99. The molecular formula is C22H23BrO5S. The van der Waals surface area contributed by atoms with Crippen LogP contribution in [-0.4, -0.2) is 26.0 Å². The molecule has 0 saturated carbocycles. The Morgan fingerprint density at radius 3 is 2.62 bits per heavy atom. The standard InChI is InChI=1S/C22H23BrO5S/c1-11(2)8-15(24)13-6-7-17-18(20(13)27-5)22(25)28-10-14-19(23)12(3)9-16(26-4)21(14)29-17/h6-7,9,11H,8,10H2,1-5H3. The third-order valence-electron chi connectivity index (χ3n) is 4.66. The third kappa shape index (κ3) is 4.16. The van der Waals surface area contributed by atoms with Gasteiger partial charge in [-0.1, -0.05) is 41.5 Å². The van der Waals surface area contributed by atoms with Gasteiger partial charge < -0.3 is 14.2 Å². The number of ether oxygens (including phenoxy) is 3. The first-order valence-electron chi connectivity index (χ1n) is 9.23. The van der Waals surface area contributed by atoms with Crippen LogP contribution in [0.3, 0.4) is 0 Å². The van der Waals surface area contributed by atoms with Crippen molar-refractivity contribution < 1.29 is 23.8 Å². The number of methoxy groups -OCH3 is 2. The summed E-state index contributed by atoms with van der Waals surface area (Å²) in [6.45, 7) is 6.00. The Balaban J connectivity index is 2.19. The molecule has 0 amide bonds. The van der Waals surface area contributed by atoms with Gasteiger partial charge in [0.25, 0.3) is 0 Å². The lowest BCUT2D eigenvalue weighted by atomic mass is 9.98. The number of ketones is 1. The highest BCUT2D eigenvalue weighted by Gasteiger charge is 2.30. The van der Waals surface area contributed by atoms with Crippen LogP contribution in [0.25, 0.3) is 0 Å². The van der Waals surface area contributed by atoms with Crippen LogP contribution in [0.2, 0.25) is 0 Å². The first kappa shape index (κ1) is 21.7. The molecule has 0 bridgehead atoms. The van der Waals surface area contributed by atoms with Crippen LogP contribution in [0, 0.1) is 12.8 Å². The number of halogens is 1. The molecule has 0 saturated heterocycles. The second-order valence-electron chi connectivity index (χ2n) is 7.24. The monoisotopic (exact) mass is 478 g/mol. The number of esters is 1. The van der Waals surface area contributed by atoms with E-state index in [1.54, 1.807) is 19.2 Å². The van der Waals surface area contributed by atoms with Crippen LogP contribution in [0.1, 0.15) is 52.1 Å². The van der Waals surface area contributed by atoms with Crippen molar-refractivity contribution in [3.05, 3.63) is 44.9 Å². The minimum absolute atomic E-state index is 0.0594. The van der Waals surface area contributed by atoms with Gasteiger partial charge in [-0.2, -0.15) is 0 Å². The number of hydrogen-bond acceptors (Lipinski definition) is 6. The van der Waals surface area contributed by atoms with Crippen molar-refractivity contribution in [3.8, 4) is 11.5 Å². The minimum atomic E-state index is -0.512. The summed E-state index contributed by atoms with van der Waals surface area (Å²) < 4.78 is 17.6. The quantitative estimate of drug-likeness (QED) is 0.398. The summed E-state index contributed by atoms with van der Waals surface area (Å²) in [6.07, 6.45) is 0.375. The summed E-state index contributed by atoms with van der Waals surface area (Å²) in [5, 5.41) is 0. The smallest absolute Gasteiger partial charge is 0.343 e. The molecule has 0 aromatic heterocycles. The normalized spacial score (nSPS) is 13.1. The summed E-state index contributed by atoms with van der Waals surface area (Å²) >= 11 is 5.01. The Kier molecular flexibility index (Phi) is 6.58. The van der Waals surface area contributed by atoms with Gasteiger partial charge in [0, 0.05) is 21.4 Å². The zero-order chi connectivity index (χ0) is 21.3. The molecule has 0 N–H and O–H groups in total. The maximum absolute atomic E-state index is 12.9. The van der Waals surface area contributed by atoms with Gasteiger partial charge in [0.2, 0.25) is 0 Å². The van der Waals surface area contributed by atoms with Crippen LogP contribution >= 0.6 is 27.7 Å². The number of carbonyl (C=O) groups is 2. The highest BCUT2D eigenvalue weighted by Crippen LogP contribution is 2.47. The SMILES string of the molecule is COc1cc(C)c(Br)c2c1Sc1ccc(C(=O)CC(C)C)c(OC)c1C(=O)OC2. The molecule has 5 nitrogen and oxygen atoms in total. The highest BCUT2D eigenvalue weighted by molar-refractivity contribution is 9.10. The fraction of sp³-hybridized carbons (Fsp3) is 0.364. The largest absolute Gasteiger partial charge is 0.496 e. The lowest BCUT2D eigenvalue weighted by molar-refractivity contribution is 0.0458. The zero-order valence-electron chi connectivity index (χ0n) is 17.1. The van der Waals surface area contributed by atoms with E-state index >= 15 is 0 Å². The predicted octanol–water partition coefficient (Wildman–Crippen LogP) is 5.83. The molecule has 2 aromatic carbocycles. The Labute approximate surface area is 183 Å². The van der Waals surface area contributed by atoms with Crippen LogP contribution < -0.4 is 9.47 Å². The number of benzene rings is 2. The van der Waals surface area contributed by atoms with Crippen molar-refractivity contribution >= 4 is 39.4 Å². The van der Waals surface area contributed by atoms with Gasteiger partial charge >= 0.3 is 5.97 Å². The van der Waals surface area contributed by atoms with Crippen molar-refractivity contribution in [2.75, 3.05) is 14.2 Å². The molecule has 0 atom stereocenters. The average molecular weight is 479 g/mol. The third-order valence-corrected chi connectivity index (χ3v) is 6.97. The van der Waals surface area contributed by atoms with E-state index in [2.05, 4.69) is 15.9 Å². The molecule has 29 heavy (non-hydrogen) atoms. The zero-order valence-corrected chi connectivity index (χ0v) is 19.5. The molecule has 1 aliphatic rings. The number of carbonyl (C=O) groups excluding carboxylic acids is 2. The van der Waals surface area contributed by atoms with Gasteiger partial charge in [0.05, 0.1) is 24.7 Å².